The molecule has 0 bridgehead atoms. The van der Waals surface area contributed by atoms with Crippen molar-refractivity contribution in [1.29, 1.82) is 0 Å². The molecule has 0 spiro atoms. The van der Waals surface area contributed by atoms with E-state index in [9.17, 15) is 14.9 Å². The first-order valence-corrected chi connectivity index (χ1v) is 5.27. The average Bonchev–Trinajstić information content (AvgIpc) is 2.35. The Balaban J connectivity index is 3.08. The Morgan fingerprint density at radius 3 is 2.56 bits per heavy atom. The first kappa shape index (κ1) is 14.1. The summed E-state index contributed by atoms with van der Waals surface area (Å²) < 4.78 is 0. The van der Waals surface area contributed by atoms with Crippen LogP contribution in [0, 0.1) is 17.0 Å². The zero-order valence-electron chi connectivity index (χ0n) is 9.79. The van der Waals surface area contributed by atoms with E-state index < -0.39 is 30.1 Å². The summed E-state index contributed by atoms with van der Waals surface area (Å²) in [5.41, 5.74) is 0.0906. The fourth-order valence-corrected chi connectivity index (χ4v) is 1.51. The molecule has 0 aliphatic heterocycles. The molecule has 0 heterocycles. The first-order valence-electron chi connectivity index (χ1n) is 5.27. The van der Waals surface area contributed by atoms with Crippen LogP contribution in [0.15, 0.2) is 18.2 Å². The summed E-state index contributed by atoms with van der Waals surface area (Å²) in [5.74, 6) is -0.687. The van der Waals surface area contributed by atoms with Crippen molar-refractivity contribution in [1.82, 2.24) is 5.32 Å². The minimum atomic E-state index is -0.836. The van der Waals surface area contributed by atoms with Crippen molar-refractivity contribution >= 4 is 11.6 Å². The fraction of sp³-hybridized carbons (Fsp3) is 0.364. The van der Waals surface area contributed by atoms with E-state index in [0.29, 0.717) is 5.56 Å². The molecular formula is C11H14N2O5. The van der Waals surface area contributed by atoms with Gasteiger partial charge >= 0.3 is 0 Å². The number of amides is 1. The molecule has 0 aliphatic carbocycles. The second-order valence-corrected chi connectivity index (χ2v) is 3.76. The van der Waals surface area contributed by atoms with E-state index in [4.69, 9.17) is 10.2 Å². The minimum absolute atomic E-state index is 0.0607. The van der Waals surface area contributed by atoms with Crippen LogP contribution < -0.4 is 5.32 Å². The molecule has 7 heteroatoms. The van der Waals surface area contributed by atoms with Gasteiger partial charge in [0.2, 0.25) is 0 Å². The number of nitrogens with one attached hydrogen (secondary N) is 1. The van der Waals surface area contributed by atoms with E-state index in [0.717, 1.165) is 0 Å². The highest BCUT2D eigenvalue weighted by Crippen LogP contribution is 2.21. The van der Waals surface area contributed by atoms with Crippen molar-refractivity contribution in [2.24, 2.45) is 0 Å². The van der Waals surface area contributed by atoms with E-state index in [2.05, 4.69) is 5.32 Å². The van der Waals surface area contributed by atoms with Crippen molar-refractivity contribution in [3.63, 3.8) is 0 Å². The number of hydrogen-bond donors (Lipinski definition) is 3. The normalized spacial score (nSPS) is 10.4. The number of aliphatic hydroxyl groups excluding tert-OH is 2. The Hall–Kier alpha value is -1.99. The van der Waals surface area contributed by atoms with Gasteiger partial charge in [-0.1, -0.05) is 12.1 Å². The second kappa shape index (κ2) is 6.08. The molecule has 0 saturated heterocycles. The third-order valence-electron chi connectivity index (χ3n) is 2.45. The standard InChI is InChI=1S/C11H14N2O5/c1-7-3-2-4-9(13(17)18)10(7)11(16)12-8(5-14)6-15/h2-4,8,14-15H,5-6H2,1H3,(H,12,16). The monoisotopic (exact) mass is 254 g/mol. The zero-order valence-corrected chi connectivity index (χ0v) is 9.79. The van der Waals surface area contributed by atoms with Gasteiger partial charge in [0.05, 0.1) is 24.2 Å². The van der Waals surface area contributed by atoms with Crippen LogP contribution in [0.3, 0.4) is 0 Å². The average molecular weight is 254 g/mol. The largest absolute Gasteiger partial charge is 0.394 e. The Morgan fingerprint density at radius 1 is 1.44 bits per heavy atom. The predicted molar refractivity (Wildman–Crippen MR) is 63.3 cm³/mol. The third kappa shape index (κ3) is 3.02. The Morgan fingerprint density at radius 2 is 2.06 bits per heavy atom. The molecule has 1 aromatic rings. The van der Waals surface area contributed by atoms with Gasteiger partial charge in [-0.15, -0.1) is 0 Å². The summed E-state index contributed by atoms with van der Waals surface area (Å²) in [6.45, 7) is 0.693. The van der Waals surface area contributed by atoms with Gasteiger partial charge in [-0.2, -0.15) is 0 Å². The maximum absolute atomic E-state index is 11.9. The molecule has 3 N–H and O–H groups in total. The molecule has 0 fully saturated rings. The quantitative estimate of drug-likeness (QED) is 0.505. The number of carbonyl (C=O) groups is 1. The summed E-state index contributed by atoms with van der Waals surface area (Å²) in [6, 6.07) is 3.46. The lowest BCUT2D eigenvalue weighted by molar-refractivity contribution is -0.385. The molecule has 1 rings (SSSR count). The van der Waals surface area contributed by atoms with E-state index >= 15 is 0 Å². The molecule has 1 amide bonds. The lowest BCUT2D eigenvalue weighted by atomic mass is 10.1. The maximum atomic E-state index is 11.9. The summed E-state index contributed by atoms with van der Waals surface area (Å²) in [5, 5.41) is 30.9. The predicted octanol–water partition coefficient (Wildman–Crippen LogP) is -0.0138. The number of aliphatic hydroxyl groups is 2. The molecule has 7 nitrogen and oxygen atoms in total. The van der Waals surface area contributed by atoms with Crippen LogP contribution in [0.1, 0.15) is 15.9 Å². The highest BCUT2D eigenvalue weighted by atomic mass is 16.6. The Labute approximate surface area is 103 Å². The third-order valence-corrected chi connectivity index (χ3v) is 2.45. The van der Waals surface area contributed by atoms with Crippen molar-refractivity contribution < 1.29 is 19.9 Å². The van der Waals surface area contributed by atoms with Crippen molar-refractivity contribution in [2.45, 2.75) is 13.0 Å². The minimum Gasteiger partial charge on any atom is -0.394 e. The molecule has 0 saturated carbocycles. The lowest BCUT2D eigenvalue weighted by Crippen LogP contribution is -2.40. The van der Waals surface area contributed by atoms with Crippen molar-refractivity contribution in [3.8, 4) is 0 Å². The van der Waals surface area contributed by atoms with Crippen LogP contribution in [0.25, 0.3) is 0 Å². The number of nitro benzene ring substituents is 1. The van der Waals surface area contributed by atoms with E-state index in [1.54, 1.807) is 13.0 Å². The highest BCUT2D eigenvalue weighted by Gasteiger charge is 2.23. The molecule has 98 valence electrons. The van der Waals surface area contributed by atoms with Crippen LogP contribution >= 0.6 is 0 Å². The lowest BCUT2D eigenvalue weighted by Gasteiger charge is -2.14. The molecule has 0 aromatic heterocycles. The second-order valence-electron chi connectivity index (χ2n) is 3.76. The van der Waals surface area contributed by atoms with Gasteiger partial charge in [-0.25, -0.2) is 0 Å². The SMILES string of the molecule is Cc1cccc([N+](=O)[O-])c1C(=O)NC(CO)CO. The maximum Gasteiger partial charge on any atom is 0.282 e. The van der Waals surface area contributed by atoms with Gasteiger partial charge in [-0.3, -0.25) is 14.9 Å². The summed E-state index contributed by atoms with van der Waals surface area (Å²) >= 11 is 0. The molecule has 0 atom stereocenters. The molecule has 18 heavy (non-hydrogen) atoms. The van der Waals surface area contributed by atoms with Crippen LogP contribution in [0.4, 0.5) is 5.69 Å². The van der Waals surface area contributed by atoms with Crippen molar-refractivity contribution in [2.75, 3.05) is 13.2 Å². The summed E-state index contributed by atoms with van der Waals surface area (Å²) in [4.78, 5) is 22.1. The fourth-order valence-electron chi connectivity index (χ4n) is 1.51. The highest BCUT2D eigenvalue weighted by molar-refractivity contribution is 5.99. The van der Waals surface area contributed by atoms with Crippen LogP contribution in [0.5, 0.6) is 0 Å². The van der Waals surface area contributed by atoms with E-state index in [1.807, 2.05) is 0 Å². The number of carbonyl (C=O) groups excluding carboxylic acids is 1. The number of rotatable bonds is 5. The Kier molecular flexibility index (Phi) is 4.75. The van der Waals surface area contributed by atoms with Gasteiger partial charge in [-0.05, 0) is 12.5 Å². The smallest absolute Gasteiger partial charge is 0.282 e. The van der Waals surface area contributed by atoms with Crippen molar-refractivity contribution in [3.05, 3.63) is 39.4 Å². The van der Waals surface area contributed by atoms with E-state index in [-0.39, 0.29) is 11.3 Å². The van der Waals surface area contributed by atoms with Crippen LogP contribution in [-0.2, 0) is 0 Å². The number of nitro groups is 1. The number of hydrogen-bond acceptors (Lipinski definition) is 5. The Bertz CT molecular complexity index is 457. The molecule has 0 radical (unpaired) electrons. The first-order chi connectivity index (χ1) is 8.51. The number of aryl methyl sites for hydroxylation is 1. The van der Waals surface area contributed by atoms with Crippen LogP contribution in [0.2, 0.25) is 0 Å². The topological polar surface area (TPSA) is 113 Å². The summed E-state index contributed by atoms with van der Waals surface area (Å²) in [7, 11) is 0. The number of benzene rings is 1. The van der Waals surface area contributed by atoms with Gasteiger partial charge in [0.15, 0.2) is 0 Å². The van der Waals surface area contributed by atoms with Gasteiger partial charge in [0.25, 0.3) is 11.6 Å². The van der Waals surface area contributed by atoms with Gasteiger partial charge < -0.3 is 15.5 Å². The van der Waals surface area contributed by atoms with Crippen LogP contribution in [-0.4, -0.2) is 40.3 Å². The molecular weight excluding hydrogens is 240 g/mol. The van der Waals surface area contributed by atoms with Gasteiger partial charge in [0.1, 0.15) is 5.56 Å². The van der Waals surface area contributed by atoms with Gasteiger partial charge in [0, 0.05) is 6.07 Å². The molecule has 1 aromatic carbocycles. The molecule has 0 unspecified atom stereocenters. The van der Waals surface area contributed by atoms with E-state index in [1.165, 1.54) is 12.1 Å². The number of nitrogens with zero attached hydrogens (tertiary/aromatic N) is 1. The zero-order chi connectivity index (χ0) is 13.7. The summed E-state index contributed by atoms with van der Waals surface area (Å²) in [6.07, 6.45) is 0. The molecule has 0 aliphatic rings.